The first kappa shape index (κ1) is 24.1. The van der Waals surface area contributed by atoms with E-state index < -0.39 is 36.0 Å². The van der Waals surface area contributed by atoms with Gasteiger partial charge in [0.15, 0.2) is 0 Å². The van der Waals surface area contributed by atoms with Crippen LogP contribution in [-0.4, -0.2) is 46.2 Å². The van der Waals surface area contributed by atoms with Crippen LogP contribution in [-0.2, 0) is 27.2 Å². The molecule has 0 radical (unpaired) electrons. The van der Waals surface area contributed by atoms with Gasteiger partial charge in [0, 0.05) is 6.42 Å². The minimum atomic E-state index is -1.14. The number of rotatable bonds is 12. The van der Waals surface area contributed by atoms with Crippen molar-refractivity contribution in [3.05, 3.63) is 71.8 Å². The Morgan fingerprint density at radius 1 is 0.742 bits per heavy atom. The smallest absolute Gasteiger partial charge is 0.326 e. The molecule has 0 aliphatic carbocycles. The molecular weight excluding hydrogens is 396 g/mol. The summed E-state index contributed by atoms with van der Waals surface area (Å²) in [6, 6.07) is 15.3. The van der Waals surface area contributed by atoms with Gasteiger partial charge >= 0.3 is 11.9 Å². The van der Waals surface area contributed by atoms with Crippen LogP contribution in [0.5, 0.6) is 0 Å². The highest BCUT2D eigenvalue weighted by Crippen LogP contribution is 2.11. The van der Waals surface area contributed by atoms with E-state index in [0.29, 0.717) is 6.42 Å². The molecule has 1 amide bonds. The molecule has 0 aliphatic heterocycles. The fourth-order valence-electron chi connectivity index (χ4n) is 3.35. The van der Waals surface area contributed by atoms with E-state index in [2.05, 4.69) is 10.6 Å². The molecule has 4 N–H and O–H groups in total. The van der Waals surface area contributed by atoms with Gasteiger partial charge in [-0.1, -0.05) is 74.5 Å². The third kappa shape index (κ3) is 8.22. The van der Waals surface area contributed by atoms with E-state index in [1.165, 1.54) is 0 Å². The van der Waals surface area contributed by atoms with Gasteiger partial charge in [-0.2, -0.15) is 0 Å². The summed E-state index contributed by atoms with van der Waals surface area (Å²) in [4.78, 5) is 36.5. The minimum absolute atomic E-state index is 0.104. The van der Waals surface area contributed by atoms with Crippen molar-refractivity contribution in [2.75, 3.05) is 0 Å². The Kier molecular flexibility index (Phi) is 9.21. The zero-order valence-electron chi connectivity index (χ0n) is 17.8. The number of carbonyl (C=O) groups is 3. The molecule has 0 bridgehead atoms. The van der Waals surface area contributed by atoms with Gasteiger partial charge in [0.2, 0.25) is 5.91 Å². The second-order valence-corrected chi connectivity index (χ2v) is 8.02. The highest BCUT2D eigenvalue weighted by atomic mass is 16.4. The Morgan fingerprint density at radius 2 is 1.19 bits per heavy atom. The Balaban J connectivity index is 2.13. The van der Waals surface area contributed by atoms with Crippen molar-refractivity contribution in [1.29, 1.82) is 0 Å². The Labute approximate surface area is 182 Å². The third-order valence-electron chi connectivity index (χ3n) is 4.90. The van der Waals surface area contributed by atoms with E-state index in [-0.39, 0.29) is 18.8 Å². The van der Waals surface area contributed by atoms with Gasteiger partial charge in [-0.05, 0) is 29.9 Å². The van der Waals surface area contributed by atoms with Crippen LogP contribution >= 0.6 is 0 Å². The van der Waals surface area contributed by atoms with Crippen molar-refractivity contribution in [1.82, 2.24) is 10.6 Å². The van der Waals surface area contributed by atoms with Gasteiger partial charge in [-0.3, -0.25) is 14.9 Å². The molecule has 0 saturated carbocycles. The molecule has 0 aromatic heterocycles. The van der Waals surface area contributed by atoms with Gasteiger partial charge in [0.25, 0.3) is 0 Å². The number of aliphatic carboxylic acids is 2. The minimum Gasteiger partial charge on any atom is -0.480 e. The highest BCUT2D eigenvalue weighted by Gasteiger charge is 2.30. The fourth-order valence-corrected chi connectivity index (χ4v) is 3.35. The van der Waals surface area contributed by atoms with E-state index in [4.69, 9.17) is 0 Å². The maximum absolute atomic E-state index is 13.0. The van der Waals surface area contributed by atoms with Crippen molar-refractivity contribution in [2.45, 2.75) is 51.2 Å². The quantitative estimate of drug-likeness (QED) is 0.414. The number of nitrogens with one attached hydrogen (secondary N) is 2. The molecule has 166 valence electrons. The maximum Gasteiger partial charge on any atom is 0.326 e. The zero-order chi connectivity index (χ0) is 22.8. The second kappa shape index (κ2) is 11.9. The number of carboxylic acids is 2. The predicted octanol–water partition coefficient (Wildman–Crippen LogP) is 2.50. The van der Waals surface area contributed by atoms with Crippen molar-refractivity contribution >= 4 is 17.8 Å². The van der Waals surface area contributed by atoms with Crippen LogP contribution in [0.15, 0.2) is 60.7 Å². The largest absolute Gasteiger partial charge is 0.480 e. The van der Waals surface area contributed by atoms with Crippen LogP contribution < -0.4 is 10.6 Å². The molecule has 2 aromatic rings. The number of amides is 1. The molecule has 0 saturated heterocycles. The van der Waals surface area contributed by atoms with E-state index in [1.54, 1.807) is 24.3 Å². The lowest BCUT2D eigenvalue weighted by Crippen LogP contribution is -2.55. The van der Waals surface area contributed by atoms with Crippen molar-refractivity contribution in [2.24, 2.45) is 5.92 Å². The molecule has 31 heavy (non-hydrogen) atoms. The summed E-state index contributed by atoms with van der Waals surface area (Å²) in [6.45, 7) is 3.85. The maximum atomic E-state index is 13.0. The average molecular weight is 427 g/mol. The monoisotopic (exact) mass is 426 g/mol. The molecule has 0 fully saturated rings. The first-order valence-corrected chi connectivity index (χ1v) is 10.4. The lowest BCUT2D eigenvalue weighted by Gasteiger charge is -2.26. The molecule has 7 nitrogen and oxygen atoms in total. The Bertz CT molecular complexity index is 855. The van der Waals surface area contributed by atoms with Crippen LogP contribution in [0.2, 0.25) is 0 Å². The van der Waals surface area contributed by atoms with Gasteiger partial charge in [-0.25, -0.2) is 4.79 Å². The summed E-state index contributed by atoms with van der Waals surface area (Å²) < 4.78 is 0. The lowest BCUT2D eigenvalue weighted by molar-refractivity contribution is -0.143. The summed E-state index contributed by atoms with van der Waals surface area (Å²) >= 11 is 0. The summed E-state index contributed by atoms with van der Waals surface area (Å²) in [5.74, 6) is -2.62. The van der Waals surface area contributed by atoms with Crippen LogP contribution in [0.4, 0.5) is 0 Å². The van der Waals surface area contributed by atoms with Gasteiger partial charge in [0.05, 0.1) is 6.04 Å². The topological polar surface area (TPSA) is 116 Å². The van der Waals surface area contributed by atoms with Gasteiger partial charge in [0.1, 0.15) is 12.1 Å². The van der Waals surface area contributed by atoms with Crippen molar-refractivity contribution < 1.29 is 24.6 Å². The third-order valence-corrected chi connectivity index (χ3v) is 4.90. The van der Waals surface area contributed by atoms with Crippen LogP contribution in [0.25, 0.3) is 0 Å². The zero-order valence-corrected chi connectivity index (χ0v) is 17.8. The van der Waals surface area contributed by atoms with Gasteiger partial charge in [-0.15, -0.1) is 0 Å². The Morgan fingerprint density at radius 3 is 1.61 bits per heavy atom. The number of hydrogen-bond acceptors (Lipinski definition) is 4. The van der Waals surface area contributed by atoms with Crippen molar-refractivity contribution in [3.8, 4) is 0 Å². The molecule has 0 spiro atoms. The van der Waals surface area contributed by atoms with E-state index >= 15 is 0 Å². The summed E-state index contributed by atoms with van der Waals surface area (Å²) in [7, 11) is 0. The number of carboxylic acid groups (broad SMARTS) is 2. The molecule has 3 atom stereocenters. The molecular formula is C24H30N2O5. The number of carbonyl (C=O) groups excluding carboxylic acids is 1. The fraction of sp³-hybridized carbons (Fsp3) is 0.375. The van der Waals surface area contributed by atoms with Crippen molar-refractivity contribution in [3.63, 3.8) is 0 Å². The van der Waals surface area contributed by atoms with E-state index in [1.807, 2.05) is 50.2 Å². The molecule has 7 heteroatoms. The molecule has 0 aliphatic rings. The predicted molar refractivity (Wildman–Crippen MR) is 118 cm³/mol. The number of hydrogen-bond donors (Lipinski definition) is 4. The Hall–Kier alpha value is -3.19. The molecule has 0 unspecified atom stereocenters. The van der Waals surface area contributed by atoms with Crippen LogP contribution in [0.1, 0.15) is 31.4 Å². The van der Waals surface area contributed by atoms with Crippen LogP contribution in [0, 0.1) is 5.92 Å². The average Bonchev–Trinajstić information content (AvgIpc) is 2.73. The highest BCUT2D eigenvalue weighted by molar-refractivity contribution is 5.87. The normalized spacial score (nSPS) is 13.9. The standard InChI is InChI=1S/C24H30N2O5/c1-16(2)13-19(25-20(23(28)29)14-17-9-5-3-6-10-17)22(27)26-21(24(30)31)15-18-11-7-4-8-12-18/h3-12,16,19-21,25H,13-15H2,1-2H3,(H,26,27)(H,28,29)(H,30,31)/t19-,20+,21-/m0/s1. The second-order valence-electron chi connectivity index (χ2n) is 8.02. The molecule has 2 aromatic carbocycles. The SMILES string of the molecule is CC(C)C[C@H](N[C@H](Cc1ccccc1)C(=O)O)C(=O)N[C@@H](Cc1ccccc1)C(=O)O. The first-order chi connectivity index (χ1) is 14.8. The molecule has 0 heterocycles. The molecule has 2 rings (SSSR count). The summed E-state index contributed by atoms with van der Waals surface area (Å²) in [5, 5.41) is 24.8. The van der Waals surface area contributed by atoms with Crippen LogP contribution in [0.3, 0.4) is 0 Å². The van der Waals surface area contributed by atoms with E-state index in [0.717, 1.165) is 11.1 Å². The summed E-state index contributed by atoms with van der Waals surface area (Å²) in [5.41, 5.74) is 1.62. The number of benzene rings is 2. The van der Waals surface area contributed by atoms with Gasteiger partial charge < -0.3 is 15.5 Å². The van der Waals surface area contributed by atoms with E-state index in [9.17, 15) is 24.6 Å². The summed E-state index contributed by atoms with van der Waals surface area (Å²) in [6.07, 6.45) is 0.731. The lowest BCUT2D eigenvalue weighted by atomic mass is 9.99. The first-order valence-electron chi connectivity index (χ1n) is 10.4.